The third kappa shape index (κ3) is 11.2. The number of amides is 1. The first-order valence-corrected chi connectivity index (χ1v) is 15.8. The Bertz CT molecular complexity index is 1070. The zero-order chi connectivity index (χ0) is 27.8. The summed E-state index contributed by atoms with van der Waals surface area (Å²) >= 11 is 0. The highest BCUT2D eigenvalue weighted by Gasteiger charge is 2.22. The molecule has 0 heterocycles. The standard InChI is InChI=1S/C31H48N2O4S/c1-4-5-6-7-8-9-10-11-12-13-15-19-26-23-24-29(38(35,36)37)28(30(26)33(2)3)22-18-25-32-31(34)27-20-16-14-17-21-27/h14,16-17,20-21,23-24H,4-13,15,18-19,22,25H2,1-3H3,(H,32,34)(H,35,36,37). The maximum atomic E-state index is 12.3. The van der Waals surface area contributed by atoms with Gasteiger partial charge in [-0.15, -0.1) is 0 Å². The van der Waals surface area contributed by atoms with Gasteiger partial charge in [-0.25, -0.2) is 0 Å². The van der Waals surface area contributed by atoms with E-state index in [1.165, 1.54) is 63.9 Å². The van der Waals surface area contributed by atoms with Gasteiger partial charge >= 0.3 is 0 Å². The molecule has 2 aromatic rings. The van der Waals surface area contributed by atoms with Crippen molar-refractivity contribution in [1.29, 1.82) is 0 Å². The predicted octanol–water partition coefficient (Wildman–Crippen LogP) is 7.22. The molecule has 2 N–H and O–H groups in total. The van der Waals surface area contributed by atoms with Crippen molar-refractivity contribution in [3.63, 3.8) is 0 Å². The summed E-state index contributed by atoms with van der Waals surface area (Å²) in [5, 5.41) is 2.90. The molecule has 0 radical (unpaired) electrons. The first-order valence-electron chi connectivity index (χ1n) is 14.4. The van der Waals surface area contributed by atoms with Crippen molar-refractivity contribution in [3.05, 3.63) is 59.2 Å². The molecule has 0 aliphatic carbocycles. The second-order valence-corrected chi connectivity index (χ2v) is 11.8. The minimum Gasteiger partial charge on any atom is -0.377 e. The lowest BCUT2D eigenvalue weighted by Gasteiger charge is -2.24. The molecule has 0 aromatic heterocycles. The van der Waals surface area contributed by atoms with Gasteiger partial charge in [-0.3, -0.25) is 9.35 Å². The Morgan fingerprint density at radius 3 is 1.92 bits per heavy atom. The number of nitrogens with one attached hydrogen (secondary N) is 1. The topological polar surface area (TPSA) is 86.7 Å². The van der Waals surface area contributed by atoms with Crippen LogP contribution >= 0.6 is 0 Å². The Hall–Kier alpha value is -2.38. The Morgan fingerprint density at radius 1 is 0.789 bits per heavy atom. The predicted molar refractivity (Wildman–Crippen MR) is 158 cm³/mol. The maximum Gasteiger partial charge on any atom is 0.294 e. The normalized spacial score (nSPS) is 11.5. The molecule has 0 saturated heterocycles. The van der Waals surface area contributed by atoms with Crippen LogP contribution in [-0.2, 0) is 23.0 Å². The van der Waals surface area contributed by atoms with Crippen LogP contribution < -0.4 is 10.2 Å². The van der Waals surface area contributed by atoms with Crippen LogP contribution in [0.3, 0.4) is 0 Å². The van der Waals surface area contributed by atoms with Crippen molar-refractivity contribution in [2.45, 2.75) is 102 Å². The highest BCUT2D eigenvalue weighted by Crippen LogP contribution is 2.32. The molecule has 2 rings (SSSR count). The molecule has 1 amide bonds. The van der Waals surface area contributed by atoms with Gasteiger partial charge in [0.1, 0.15) is 0 Å². The van der Waals surface area contributed by atoms with Crippen molar-refractivity contribution < 1.29 is 17.8 Å². The second-order valence-electron chi connectivity index (χ2n) is 10.4. The maximum absolute atomic E-state index is 12.3. The molecule has 7 heteroatoms. The molecule has 0 aliphatic heterocycles. The van der Waals surface area contributed by atoms with Gasteiger partial charge in [0, 0.05) is 31.9 Å². The molecule has 0 fully saturated rings. The number of hydrogen-bond donors (Lipinski definition) is 2. The first-order chi connectivity index (χ1) is 18.3. The highest BCUT2D eigenvalue weighted by atomic mass is 32.2. The van der Waals surface area contributed by atoms with Crippen molar-refractivity contribution >= 4 is 21.7 Å². The molecule has 0 atom stereocenters. The zero-order valence-corrected chi connectivity index (χ0v) is 24.5. The summed E-state index contributed by atoms with van der Waals surface area (Å²) in [4.78, 5) is 14.2. The van der Waals surface area contributed by atoms with Gasteiger partial charge in [-0.05, 0) is 55.0 Å². The van der Waals surface area contributed by atoms with E-state index in [1.807, 2.05) is 43.3 Å². The lowest BCUT2D eigenvalue weighted by molar-refractivity contribution is 0.0953. The SMILES string of the molecule is CCCCCCCCCCCCCc1ccc(S(=O)(=O)O)c(CCCNC(=O)c2ccccc2)c1N(C)C. The molecule has 212 valence electrons. The molecule has 0 bridgehead atoms. The number of hydrogen-bond acceptors (Lipinski definition) is 4. The number of unbranched alkanes of at least 4 members (excludes halogenated alkanes) is 10. The van der Waals surface area contributed by atoms with Gasteiger partial charge in [0.05, 0.1) is 4.90 Å². The lowest BCUT2D eigenvalue weighted by atomic mass is 9.97. The third-order valence-electron chi connectivity index (χ3n) is 7.02. The summed E-state index contributed by atoms with van der Waals surface area (Å²) in [6.07, 6.45) is 15.9. The molecule has 2 aromatic carbocycles. The smallest absolute Gasteiger partial charge is 0.294 e. The average Bonchev–Trinajstić information content (AvgIpc) is 2.89. The fourth-order valence-electron chi connectivity index (χ4n) is 5.05. The Kier molecular flexibility index (Phi) is 14.5. The average molecular weight is 545 g/mol. The number of benzene rings is 2. The van der Waals surface area contributed by atoms with E-state index in [2.05, 4.69) is 12.2 Å². The molecule has 0 spiro atoms. The Morgan fingerprint density at radius 2 is 1.37 bits per heavy atom. The molecule has 0 aliphatic rings. The number of anilines is 1. The van der Waals surface area contributed by atoms with E-state index in [9.17, 15) is 17.8 Å². The number of rotatable bonds is 19. The minimum atomic E-state index is -4.36. The van der Waals surface area contributed by atoms with Gasteiger partial charge in [0.2, 0.25) is 0 Å². The summed E-state index contributed by atoms with van der Waals surface area (Å²) in [5.41, 5.74) is 3.17. The fraction of sp³-hybridized carbons (Fsp3) is 0.581. The molecule has 6 nitrogen and oxygen atoms in total. The quantitative estimate of drug-likeness (QED) is 0.144. The second kappa shape index (κ2) is 17.3. The summed E-state index contributed by atoms with van der Waals surface area (Å²) in [7, 11) is -0.541. The van der Waals surface area contributed by atoms with E-state index in [1.54, 1.807) is 12.1 Å². The van der Waals surface area contributed by atoms with E-state index < -0.39 is 10.1 Å². The number of carbonyl (C=O) groups is 1. The minimum absolute atomic E-state index is 0.0433. The third-order valence-corrected chi connectivity index (χ3v) is 7.96. The summed E-state index contributed by atoms with van der Waals surface area (Å²) in [5.74, 6) is -0.154. The van der Waals surface area contributed by atoms with Gasteiger partial charge in [0.15, 0.2) is 0 Å². The van der Waals surface area contributed by atoms with Crippen molar-refractivity contribution in [1.82, 2.24) is 5.32 Å². The number of carbonyl (C=O) groups excluding carboxylic acids is 1. The Balaban J connectivity index is 1.93. The lowest BCUT2D eigenvalue weighted by Crippen LogP contribution is -2.25. The van der Waals surface area contributed by atoms with Crippen molar-refractivity contribution in [3.8, 4) is 0 Å². The van der Waals surface area contributed by atoms with Crippen molar-refractivity contribution in [2.75, 3.05) is 25.5 Å². The highest BCUT2D eigenvalue weighted by molar-refractivity contribution is 7.85. The van der Waals surface area contributed by atoms with Gasteiger partial charge in [-0.1, -0.05) is 95.4 Å². The Labute approximate surface area is 231 Å². The van der Waals surface area contributed by atoms with Crippen LogP contribution in [-0.4, -0.2) is 39.5 Å². The molecular formula is C31H48N2O4S. The van der Waals surface area contributed by atoms with E-state index >= 15 is 0 Å². The molecule has 0 saturated carbocycles. The largest absolute Gasteiger partial charge is 0.377 e. The first kappa shape index (κ1) is 31.8. The van der Waals surface area contributed by atoms with E-state index in [-0.39, 0.29) is 10.8 Å². The number of nitrogens with zero attached hydrogens (tertiary/aromatic N) is 1. The van der Waals surface area contributed by atoms with Gasteiger partial charge in [-0.2, -0.15) is 8.42 Å². The van der Waals surface area contributed by atoms with Gasteiger partial charge in [0.25, 0.3) is 16.0 Å². The summed E-state index contributed by atoms with van der Waals surface area (Å²) in [6.45, 7) is 2.66. The van der Waals surface area contributed by atoms with E-state index in [0.29, 0.717) is 30.5 Å². The molecule has 0 unspecified atom stereocenters. The molecule has 38 heavy (non-hydrogen) atoms. The van der Waals surface area contributed by atoms with Crippen LogP contribution in [0.4, 0.5) is 5.69 Å². The van der Waals surface area contributed by atoms with E-state index in [0.717, 1.165) is 30.5 Å². The monoisotopic (exact) mass is 544 g/mol. The summed E-state index contributed by atoms with van der Waals surface area (Å²) < 4.78 is 34.3. The van der Waals surface area contributed by atoms with E-state index in [4.69, 9.17) is 0 Å². The zero-order valence-electron chi connectivity index (χ0n) is 23.7. The van der Waals surface area contributed by atoms with Crippen LogP contribution in [0.5, 0.6) is 0 Å². The van der Waals surface area contributed by atoms with Gasteiger partial charge < -0.3 is 10.2 Å². The molecular weight excluding hydrogens is 496 g/mol. The number of aryl methyl sites for hydroxylation is 1. The van der Waals surface area contributed by atoms with Crippen molar-refractivity contribution in [2.24, 2.45) is 0 Å². The summed E-state index contributed by atoms with van der Waals surface area (Å²) in [6, 6.07) is 12.4. The van der Waals surface area contributed by atoms with Crippen LogP contribution in [0.1, 0.15) is 105 Å². The fourth-order valence-corrected chi connectivity index (χ4v) is 5.80. The van der Waals surface area contributed by atoms with Crippen LogP contribution in [0.15, 0.2) is 47.4 Å². The van der Waals surface area contributed by atoms with Crippen LogP contribution in [0.2, 0.25) is 0 Å². The van der Waals surface area contributed by atoms with Crippen LogP contribution in [0.25, 0.3) is 0 Å². The van der Waals surface area contributed by atoms with Crippen LogP contribution in [0, 0.1) is 0 Å².